The first-order chi connectivity index (χ1) is 17.2. The number of carboxylic acids is 1. The van der Waals surface area contributed by atoms with Gasteiger partial charge in [-0.15, -0.1) is 0 Å². The third kappa shape index (κ3) is 4.79. The maximum absolute atomic E-state index is 11.5. The van der Waals surface area contributed by atoms with E-state index in [1.54, 1.807) is 49.5 Å². The van der Waals surface area contributed by atoms with Gasteiger partial charge in [0.25, 0.3) is 5.70 Å². The van der Waals surface area contributed by atoms with Crippen molar-refractivity contribution in [3.05, 3.63) is 79.7 Å². The summed E-state index contributed by atoms with van der Waals surface area (Å²) in [5.74, 6) is -2.53. The number of likely N-dealkylation sites (N-methyl/N-ethyl adjacent to an activating group) is 1. The molecule has 2 aliphatic heterocycles. The minimum Gasteiger partial charge on any atom is -0.478 e. The Morgan fingerprint density at radius 1 is 1.06 bits per heavy atom. The summed E-state index contributed by atoms with van der Waals surface area (Å²) in [5.41, 5.74) is 2.81. The van der Waals surface area contributed by atoms with Gasteiger partial charge in [-0.3, -0.25) is 24.5 Å². The summed E-state index contributed by atoms with van der Waals surface area (Å²) in [6.07, 6.45) is 0.585. The zero-order valence-electron chi connectivity index (χ0n) is 19.2. The number of nitrogens with zero attached hydrogens (tertiary/aromatic N) is 1. The molecule has 3 amide bonds. The second kappa shape index (κ2) is 9.96. The fraction of sp³-hybridized carbons (Fsp3) is 0.250. The highest BCUT2D eigenvalue weighted by Crippen LogP contribution is 2.19. The Kier molecular flexibility index (Phi) is 6.79. The Morgan fingerprint density at radius 2 is 1.78 bits per heavy atom. The third-order valence-electron chi connectivity index (χ3n) is 6.23. The molecule has 5 rings (SSSR count). The molecule has 2 aromatic rings. The van der Waals surface area contributed by atoms with Crippen molar-refractivity contribution >= 4 is 35.1 Å². The van der Waals surface area contributed by atoms with E-state index in [9.17, 15) is 29.3 Å². The molecule has 3 aliphatic rings. The number of piperazine rings is 1. The number of amides is 3. The van der Waals surface area contributed by atoms with Crippen molar-refractivity contribution in [1.29, 1.82) is 0 Å². The van der Waals surface area contributed by atoms with Crippen LogP contribution in [0.15, 0.2) is 42.5 Å². The number of carboxylic acid groups (broad SMARTS) is 1. The van der Waals surface area contributed by atoms with Gasteiger partial charge in [-0.05, 0) is 35.7 Å². The van der Waals surface area contributed by atoms with Gasteiger partial charge in [0.1, 0.15) is 0 Å². The molecule has 0 bridgehead atoms. The Morgan fingerprint density at radius 3 is 2.44 bits per heavy atom. The number of carbonyl (C=O) groups is 4. The smallest absolute Gasteiger partial charge is 0.335 e. The normalized spacial score (nSPS) is 19.8. The van der Waals surface area contributed by atoms with Gasteiger partial charge in [0, 0.05) is 24.5 Å². The van der Waals surface area contributed by atoms with Gasteiger partial charge >= 0.3 is 17.8 Å². The summed E-state index contributed by atoms with van der Waals surface area (Å²) in [4.78, 5) is 55.7. The lowest BCUT2D eigenvalue weighted by Crippen LogP contribution is -2.58. The van der Waals surface area contributed by atoms with E-state index in [4.69, 9.17) is 5.11 Å². The monoisotopic (exact) mass is 493 g/mol. The number of hydrogen-bond donors (Lipinski definition) is 5. The summed E-state index contributed by atoms with van der Waals surface area (Å²) in [7, 11) is 1.59. The predicted molar refractivity (Wildman–Crippen MR) is 126 cm³/mol. The first kappa shape index (κ1) is 24.5. The number of aromatic carboxylic acids is 1. The molecule has 2 aromatic carbocycles. The van der Waals surface area contributed by atoms with Crippen LogP contribution in [0.2, 0.25) is 0 Å². The number of carbonyl (C=O) groups excluding carboxylic acids is 3. The van der Waals surface area contributed by atoms with Gasteiger partial charge in [-0.25, -0.2) is 4.79 Å². The molecule has 2 unspecified atom stereocenters. The Labute approximate surface area is 204 Å². The lowest BCUT2D eigenvalue weighted by Gasteiger charge is -2.28. The van der Waals surface area contributed by atoms with E-state index in [1.807, 2.05) is 0 Å². The minimum atomic E-state index is -0.942. The fourth-order valence-electron chi connectivity index (χ4n) is 4.42. The maximum Gasteiger partial charge on any atom is 0.335 e. The standard InChI is InChI=1S/C12H9N3O4.C12H14N2O3/c16-11-12(17)14-10-7-4-2-1-3-6(7)9(15(18)19)5-8(10)13-11;1-13-11(15)10-5-9-4-7(12(16)17)2-3-8(9)6-14-10/h1-4,8H,5H2,(H,13,16)(H,14,17);2-4,10,14H,5-6H2,1H3,(H,13,15)(H,16,17). The molecule has 186 valence electrons. The van der Waals surface area contributed by atoms with Crippen LogP contribution in [-0.4, -0.2) is 52.9 Å². The topological polar surface area (TPSA) is 180 Å². The summed E-state index contributed by atoms with van der Waals surface area (Å²) in [5, 5.41) is 31.8. The Hall–Kier alpha value is -4.58. The van der Waals surface area contributed by atoms with Crippen LogP contribution in [-0.2, 0) is 27.3 Å². The first-order valence-corrected chi connectivity index (χ1v) is 11.1. The number of benzene rings is 2. The van der Waals surface area contributed by atoms with Gasteiger partial charge < -0.3 is 26.4 Å². The molecule has 0 saturated carbocycles. The molecule has 0 radical (unpaired) electrons. The van der Waals surface area contributed by atoms with Gasteiger partial charge in [-0.1, -0.05) is 24.3 Å². The van der Waals surface area contributed by atoms with Gasteiger partial charge in [0.2, 0.25) is 5.91 Å². The van der Waals surface area contributed by atoms with Crippen molar-refractivity contribution in [2.24, 2.45) is 0 Å². The average molecular weight is 493 g/mol. The van der Waals surface area contributed by atoms with Crippen LogP contribution in [0.5, 0.6) is 0 Å². The zero-order chi connectivity index (χ0) is 26.0. The zero-order valence-corrected chi connectivity index (χ0v) is 19.2. The van der Waals surface area contributed by atoms with Crippen molar-refractivity contribution in [3.8, 4) is 0 Å². The highest BCUT2D eigenvalue weighted by atomic mass is 16.6. The van der Waals surface area contributed by atoms with Crippen LogP contribution in [0.1, 0.15) is 27.9 Å². The molecule has 1 aliphatic carbocycles. The summed E-state index contributed by atoms with van der Waals surface area (Å²) in [6.45, 7) is 0.591. The minimum absolute atomic E-state index is 0.0424. The van der Waals surface area contributed by atoms with Crippen molar-refractivity contribution in [2.45, 2.75) is 31.5 Å². The van der Waals surface area contributed by atoms with E-state index in [2.05, 4.69) is 21.3 Å². The largest absolute Gasteiger partial charge is 0.478 e. The third-order valence-corrected chi connectivity index (χ3v) is 6.23. The second-order valence-corrected chi connectivity index (χ2v) is 8.39. The molecule has 12 heteroatoms. The van der Waals surface area contributed by atoms with E-state index in [0.717, 1.165) is 11.1 Å². The molecule has 1 fully saturated rings. The van der Waals surface area contributed by atoms with E-state index < -0.39 is 28.7 Å². The van der Waals surface area contributed by atoms with Crippen LogP contribution in [0.4, 0.5) is 0 Å². The Bertz CT molecular complexity index is 1420. The molecule has 0 spiro atoms. The second-order valence-electron chi connectivity index (χ2n) is 8.39. The van der Waals surface area contributed by atoms with Gasteiger partial charge in [0.05, 0.1) is 34.2 Å². The van der Waals surface area contributed by atoms with E-state index in [1.165, 1.54) is 0 Å². The Balaban J connectivity index is 0.000000170. The van der Waals surface area contributed by atoms with Crippen molar-refractivity contribution in [1.82, 2.24) is 21.3 Å². The van der Waals surface area contributed by atoms with Crippen LogP contribution in [0.25, 0.3) is 11.4 Å². The maximum atomic E-state index is 11.5. The SMILES string of the molecule is CNC(=O)C1Cc2cc(C(=O)O)ccc2CN1.O=C1NC2=c3ccccc3=C([N+](=O)[O-])CC2NC1=O. The lowest BCUT2D eigenvalue weighted by molar-refractivity contribution is -0.382. The molecule has 36 heavy (non-hydrogen) atoms. The number of hydrogen-bond acceptors (Lipinski definition) is 7. The lowest BCUT2D eigenvalue weighted by atomic mass is 9.93. The van der Waals surface area contributed by atoms with E-state index in [-0.39, 0.29) is 29.6 Å². The molecule has 5 N–H and O–H groups in total. The highest BCUT2D eigenvalue weighted by Gasteiger charge is 2.35. The van der Waals surface area contributed by atoms with E-state index >= 15 is 0 Å². The molecule has 2 atom stereocenters. The van der Waals surface area contributed by atoms with Crippen LogP contribution in [0.3, 0.4) is 0 Å². The number of rotatable bonds is 3. The van der Waals surface area contributed by atoms with Crippen LogP contribution >= 0.6 is 0 Å². The molecule has 1 saturated heterocycles. The van der Waals surface area contributed by atoms with Crippen molar-refractivity contribution in [3.63, 3.8) is 0 Å². The summed E-state index contributed by atoms with van der Waals surface area (Å²) in [6, 6.07) is 11.0. The quantitative estimate of drug-likeness (QED) is 0.191. The van der Waals surface area contributed by atoms with Gasteiger partial charge in [0.15, 0.2) is 0 Å². The predicted octanol–water partition coefficient (Wildman–Crippen LogP) is -1.66. The summed E-state index contributed by atoms with van der Waals surface area (Å²) < 4.78 is 0. The van der Waals surface area contributed by atoms with Crippen LogP contribution in [0, 0.1) is 10.1 Å². The average Bonchev–Trinajstić information content (AvgIpc) is 2.88. The van der Waals surface area contributed by atoms with Gasteiger partial charge in [-0.2, -0.15) is 0 Å². The number of nitro groups is 1. The highest BCUT2D eigenvalue weighted by molar-refractivity contribution is 6.37. The molecular formula is C24H23N5O7. The fourth-order valence-corrected chi connectivity index (χ4v) is 4.42. The van der Waals surface area contributed by atoms with Crippen molar-refractivity contribution in [2.75, 3.05) is 7.05 Å². The number of nitrogens with one attached hydrogen (secondary N) is 4. The molecule has 2 heterocycles. The first-order valence-electron chi connectivity index (χ1n) is 11.1. The molecule has 12 nitrogen and oxygen atoms in total. The molecule has 0 aromatic heterocycles. The summed E-state index contributed by atoms with van der Waals surface area (Å²) >= 11 is 0. The number of fused-ring (bicyclic) bond motifs is 3. The van der Waals surface area contributed by atoms with Crippen LogP contribution < -0.4 is 31.7 Å². The van der Waals surface area contributed by atoms with Crippen molar-refractivity contribution < 1.29 is 29.2 Å². The molecular weight excluding hydrogens is 470 g/mol. The van der Waals surface area contributed by atoms with E-state index in [0.29, 0.717) is 29.1 Å².